The topological polar surface area (TPSA) is 101 Å². The van der Waals surface area contributed by atoms with Crippen molar-refractivity contribution < 1.29 is 4.79 Å². The average molecular weight is 282 g/mol. The largest absolute Gasteiger partial charge is 0.364 e. The Balaban J connectivity index is 2.03. The molecule has 0 spiro atoms. The van der Waals surface area contributed by atoms with E-state index in [1.54, 1.807) is 28.0 Å². The molecular formula is C14H14N6O. The minimum atomic E-state index is -0.561. The lowest BCUT2D eigenvalue weighted by Crippen LogP contribution is -2.18. The van der Waals surface area contributed by atoms with Gasteiger partial charge in [0.15, 0.2) is 11.9 Å². The molecule has 1 atom stereocenters. The molecule has 3 rings (SSSR count). The molecule has 2 aromatic heterocycles. The highest BCUT2D eigenvalue weighted by atomic mass is 16.1. The molecule has 0 saturated carbocycles. The summed E-state index contributed by atoms with van der Waals surface area (Å²) in [7, 11) is 0. The quantitative estimate of drug-likeness (QED) is 0.838. The van der Waals surface area contributed by atoms with Crippen molar-refractivity contribution >= 4 is 5.91 Å². The number of likely N-dealkylation sites (tertiary alicyclic amines) is 1. The van der Waals surface area contributed by atoms with Crippen molar-refractivity contribution in [1.82, 2.24) is 19.7 Å². The van der Waals surface area contributed by atoms with Crippen LogP contribution >= 0.6 is 0 Å². The van der Waals surface area contributed by atoms with E-state index in [4.69, 9.17) is 11.0 Å². The summed E-state index contributed by atoms with van der Waals surface area (Å²) in [4.78, 5) is 17.2. The van der Waals surface area contributed by atoms with Crippen LogP contribution in [0.5, 0.6) is 0 Å². The molecule has 1 aliphatic rings. The van der Waals surface area contributed by atoms with Gasteiger partial charge in [-0.15, -0.1) is 0 Å². The van der Waals surface area contributed by atoms with Gasteiger partial charge in [0.2, 0.25) is 0 Å². The third kappa shape index (κ3) is 2.43. The first-order valence-corrected chi connectivity index (χ1v) is 6.63. The molecule has 0 unspecified atom stereocenters. The van der Waals surface area contributed by atoms with Crippen LogP contribution in [0.3, 0.4) is 0 Å². The van der Waals surface area contributed by atoms with E-state index in [1.165, 1.54) is 0 Å². The molecule has 2 N–H and O–H groups in total. The first-order valence-electron chi connectivity index (χ1n) is 6.63. The molecule has 1 saturated heterocycles. The first kappa shape index (κ1) is 13.1. The van der Waals surface area contributed by atoms with Crippen LogP contribution in [-0.2, 0) is 0 Å². The molecule has 7 nitrogen and oxygen atoms in total. The second-order valence-electron chi connectivity index (χ2n) is 4.95. The van der Waals surface area contributed by atoms with Crippen molar-refractivity contribution in [2.45, 2.75) is 12.5 Å². The van der Waals surface area contributed by atoms with Crippen LogP contribution in [0.4, 0.5) is 0 Å². The smallest absolute Gasteiger partial charge is 0.269 e. The molecule has 21 heavy (non-hydrogen) atoms. The summed E-state index contributed by atoms with van der Waals surface area (Å²) in [6, 6.07) is 5.46. The number of primary amides is 1. The van der Waals surface area contributed by atoms with E-state index in [1.807, 2.05) is 12.1 Å². The Hall–Kier alpha value is -2.88. The van der Waals surface area contributed by atoms with Crippen molar-refractivity contribution in [2.75, 3.05) is 13.1 Å². The molecule has 0 radical (unpaired) electrons. The molecule has 106 valence electrons. The van der Waals surface area contributed by atoms with E-state index in [0.29, 0.717) is 13.1 Å². The maximum Gasteiger partial charge on any atom is 0.269 e. The van der Waals surface area contributed by atoms with E-state index in [-0.39, 0.29) is 11.7 Å². The number of carbonyl (C=O) groups excluding carboxylic acids is 1. The van der Waals surface area contributed by atoms with Gasteiger partial charge in [0.05, 0.1) is 18.3 Å². The molecule has 1 aliphatic heterocycles. The van der Waals surface area contributed by atoms with Gasteiger partial charge in [-0.3, -0.25) is 14.5 Å². The lowest BCUT2D eigenvalue weighted by molar-refractivity contribution is 0.0994. The second-order valence-corrected chi connectivity index (χ2v) is 4.95. The van der Waals surface area contributed by atoms with E-state index in [9.17, 15) is 4.79 Å². The summed E-state index contributed by atoms with van der Waals surface area (Å²) in [6.45, 7) is 1.28. The maximum absolute atomic E-state index is 11.4. The molecule has 3 heterocycles. The average Bonchev–Trinajstić information content (AvgIpc) is 3.14. The highest BCUT2D eigenvalue weighted by molar-refractivity contribution is 5.92. The number of carbonyl (C=O) groups is 1. The summed E-state index contributed by atoms with van der Waals surface area (Å²) in [5, 5.41) is 13.3. The van der Waals surface area contributed by atoms with E-state index in [0.717, 1.165) is 17.7 Å². The Kier molecular flexibility index (Phi) is 3.28. The van der Waals surface area contributed by atoms with Gasteiger partial charge in [-0.2, -0.15) is 10.4 Å². The Labute approximate surface area is 121 Å². The maximum atomic E-state index is 11.4. The molecule has 1 fully saturated rings. The Bertz CT molecular complexity index is 702. The van der Waals surface area contributed by atoms with Crippen LogP contribution in [0.2, 0.25) is 0 Å². The van der Waals surface area contributed by atoms with E-state index >= 15 is 0 Å². The number of nitriles is 1. The van der Waals surface area contributed by atoms with Crippen LogP contribution in [-0.4, -0.2) is 38.7 Å². The highest BCUT2D eigenvalue weighted by Gasteiger charge is 2.27. The summed E-state index contributed by atoms with van der Waals surface area (Å²) in [5.41, 5.74) is 7.22. The number of nitrogens with zero attached hydrogens (tertiary/aromatic N) is 5. The van der Waals surface area contributed by atoms with Gasteiger partial charge in [-0.1, -0.05) is 0 Å². The molecule has 0 bridgehead atoms. The van der Waals surface area contributed by atoms with Gasteiger partial charge in [-0.25, -0.2) is 0 Å². The third-order valence-electron chi connectivity index (χ3n) is 3.60. The third-order valence-corrected chi connectivity index (χ3v) is 3.60. The van der Waals surface area contributed by atoms with Crippen molar-refractivity contribution in [3.63, 3.8) is 0 Å². The Morgan fingerprint density at radius 2 is 2.38 bits per heavy atom. The highest BCUT2D eigenvalue weighted by Crippen LogP contribution is 2.28. The Morgan fingerprint density at radius 3 is 3.00 bits per heavy atom. The molecule has 0 aromatic carbocycles. The zero-order valence-corrected chi connectivity index (χ0v) is 11.3. The van der Waals surface area contributed by atoms with Crippen molar-refractivity contribution in [1.29, 1.82) is 5.26 Å². The number of rotatable bonds is 3. The van der Waals surface area contributed by atoms with E-state index < -0.39 is 5.91 Å². The molecule has 0 aliphatic carbocycles. The SMILES string of the molecule is N#CN1CC[C@@H](n2nc(C(N)=O)cc2-c2cccnc2)C1. The molecule has 2 aromatic rings. The lowest BCUT2D eigenvalue weighted by atomic mass is 10.1. The second kappa shape index (κ2) is 5.25. The summed E-state index contributed by atoms with van der Waals surface area (Å²) in [5.74, 6) is -0.561. The first-order chi connectivity index (χ1) is 10.2. The fourth-order valence-electron chi connectivity index (χ4n) is 2.56. The number of nitrogens with two attached hydrogens (primary N) is 1. The van der Waals surface area contributed by atoms with Crippen LogP contribution in [0.1, 0.15) is 23.0 Å². The number of hydrogen-bond donors (Lipinski definition) is 1. The van der Waals surface area contributed by atoms with Gasteiger partial charge < -0.3 is 10.6 Å². The van der Waals surface area contributed by atoms with E-state index in [2.05, 4.69) is 16.3 Å². The van der Waals surface area contributed by atoms with Gasteiger partial charge in [0.25, 0.3) is 5.91 Å². The predicted octanol–water partition coefficient (Wildman–Crippen LogP) is 0.772. The zero-order chi connectivity index (χ0) is 14.8. The minimum Gasteiger partial charge on any atom is -0.364 e. The predicted molar refractivity (Wildman–Crippen MR) is 74.8 cm³/mol. The fraction of sp³-hybridized carbons (Fsp3) is 0.286. The molecule has 1 amide bonds. The van der Waals surface area contributed by atoms with Crippen LogP contribution in [0.25, 0.3) is 11.3 Å². The van der Waals surface area contributed by atoms with Crippen molar-refractivity contribution in [3.8, 4) is 17.5 Å². The monoisotopic (exact) mass is 282 g/mol. The van der Waals surface area contributed by atoms with Gasteiger partial charge in [0, 0.05) is 24.5 Å². The number of pyridine rings is 1. The van der Waals surface area contributed by atoms with Gasteiger partial charge in [0.1, 0.15) is 0 Å². The van der Waals surface area contributed by atoms with Gasteiger partial charge in [-0.05, 0) is 24.6 Å². The van der Waals surface area contributed by atoms with Crippen LogP contribution in [0.15, 0.2) is 30.6 Å². The fourth-order valence-corrected chi connectivity index (χ4v) is 2.56. The normalized spacial score (nSPS) is 17.7. The molecular weight excluding hydrogens is 268 g/mol. The summed E-state index contributed by atoms with van der Waals surface area (Å²) < 4.78 is 1.79. The van der Waals surface area contributed by atoms with Crippen molar-refractivity contribution in [2.24, 2.45) is 5.73 Å². The van der Waals surface area contributed by atoms with Gasteiger partial charge >= 0.3 is 0 Å². The summed E-state index contributed by atoms with van der Waals surface area (Å²) in [6.07, 6.45) is 6.35. The number of aromatic nitrogens is 3. The van der Waals surface area contributed by atoms with Crippen LogP contribution in [0, 0.1) is 11.5 Å². The minimum absolute atomic E-state index is 0.0490. The standard InChI is InChI=1S/C14H14N6O/c15-9-19-5-3-11(8-19)20-13(6-12(18-20)14(16)21)10-2-1-4-17-7-10/h1-2,4,6-7,11H,3,5,8H2,(H2,16,21)/t11-/m1/s1. The number of amides is 1. The molecule has 7 heteroatoms. The van der Waals surface area contributed by atoms with Crippen LogP contribution < -0.4 is 5.73 Å². The zero-order valence-electron chi connectivity index (χ0n) is 11.3. The van der Waals surface area contributed by atoms with Crippen molar-refractivity contribution in [3.05, 3.63) is 36.3 Å². The summed E-state index contributed by atoms with van der Waals surface area (Å²) >= 11 is 0. The number of hydrogen-bond acceptors (Lipinski definition) is 5. The Morgan fingerprint density at radius 1 is 1.52 bits per heavy atom. The lowest BCUT2D eigenvalue weighted by Gasteiger charge is -2.14.